The number of nitrogens with two attached hydrogens (primary N) is 1. The van der Waals surface area contributed by atoms with E-state index >= 15 is 0 Å². The minimum atomic E-state index is -0.0323. The molecule has 0 aromatic carbocycles. The fourth-order valence-corrected chi connectivity index (χ4v) is 7.57. The third kappa shape index (κ3) is 4.87. The van der Waals surface area contributed by atoms with E-state index in [0.29, 0.717) is 22.7 Å². The molecule has 2 rings (SSSR count). The summed E-state index contributed by atoms with van der Waals surface area (Å²) >= 11 is 0. The SMILES string of the molecule is C#C.C=C(C)C1CCC2C(C)(N)CCC(CC)C(CC)(CCC)CCCC12C.[HH]. The van der Waals surface area contributed by atoms with Gasteiger partial charge in [0, 0.05) is 6.97 Å². The Balaban J connectivity index is 0.00000253. The van der Waals surface area contributed by atoms with Gasteiger partial charge in [-0.3, -0.25) is 0 Å². The highest BCUT2D eigenvalue weighted by molar-refractivity contribution is 5.13. The third-order valence-electron chi connectivity index (χ3n) is 8.96. The lowest BCUT2D eigenvalue weighted by atomic mass is 9.57. The Hall–Kier alpha value is -0.740. The van der Waals surface area contributed by atoms with Gasteiger partial charge in [0.25, 0.3) is 0 Å². The maximum atomic E-state index is 7.09. The molecule has 0 saturated heterocycles. The monoisotopic (exact) mass is 389 g/mol. The molecule has 0 bridgehead atoms. The Morgan fingerprint density at radius 1 is 1.07 bits per heavy atom. The summed E-state index contributed by atoms with van der Waals surface area (Å²) in [6, 6.07) is 0. The van der Waals surface area contributed by atoms with Crippen LogP contribution in [0.2, 0.25) is 0 Å². The number of hydrogen-bond acceptors (Lipinski definition) is 1. The lowest BCUT2D eigenvalue weighted by molar-refractivity contribution is 0.0370. The van der Waals surface area contributed by atoms with Crippen molar-refractivity contribution in [2.24, 2.45) is 34.3 Å². The Kier molecular flexibility index (Phi) is 9.34. The summed E-state index contributed by atoms with van der Waals surface area (Å²) in [5, 5.41) is 0. The summed E-state index contributed by atoms with van der Waals surface area (Å²) in [7, 11) is 0. The zero-order valence-electron chi connectivity index (χ0n) is 19.9. The molecule has 0 spiro atoms. The van der Waals surface area contributed by atoms with Crippen molar-refractivity contribution in [2.45, 2.75) is 118 Å². The van der Waals surface area contributed by atoms with E-state index in [1.54, 1.807) is 0 Å². The highest BCUT2D eigenvalue weighted by Crippen LogP contribution is 2.59. The summed E-state index contributed by atoms with van der Waals surface area (Å²) in [4.78, 5) is 0. The maximum Gasteiger partial charge on any atom is 0.0159 e. The molecule has 0 radical (unpaired) electrons. The van der Waals surface area contributed by atoms with Crippen LogP contribution in [0.25, 0.3) is 0 Å². The van der Waals surface area contributed by atoms with Gasteiger partial charge in [-0.15, -0.1) is 12.8 Å². The molecule has 0 heterocycles. The second-order valence-corrected chi connectivity index (χ2v) is 10.5. The molecule has 0 amide bonds. The van der Waals surface area contributed by atoms with Crippen LogP contribution in [0.1, 0.15) is 114 Å². The summed E-state index contributed by atoms with van der Waals surface area (Å²) in [6.07, 6.45) is 22.6. The van der Waals surface area contributed by atoms with E-state index in [4.69, 9.17) is 5.73 Å². The van der Waals surface area contributed by atoms with Crippen LogP contribution in [0.3, 0.4) is 0 Å². The van der Waals surface area contributed by atoms with Crippen LogP contribution in [0.4, 0.5) is 0 Å². The minimum absolute atomic E-state index is 0. The fraction of sp³-hybridized carbons (Fsp3) is 0.852. The molecule has 0 aromatic heterocycles. The average molecular weight is 390 g/mol. The molecule has 1 nitrogen and oxygen atoms in total. The highest BCUT2D eigenvalue weighted by atomic mass is 14.8. The molecule has 2 aliphatic rings. The average Bonchev–Trinajstić information content (AvgIpc) is 3.01. The van der Waals surface area contributed by atoms with Crippen LogP contribution >= 0.6 is 0 Å². The fourth-order valence-electron chi connectivity index (χ4n) is 7.57. The van der Waals surface area contributed by atoms with Gasteiger partial charge < -0.3 is 5.73 Å². The van der Waals surface area contributed by atoms with Crippen LogP contribution in [0, 0.1) is 41.4 Å². The van der Waals surface area contributed by atoms with Crippen LogP contribution in [0.5, 0.6) is 0 Å². The molecule has 0 aromatic rings. The third-order valence-corrected chi connectivity index (χ3v) is 8.96. The van der Waals surface area contributed by atoms with Gasteiger partial charge in [0.1, 0.15) is 0 Å². The molecule has 2 saturated carbocycles. The van der Waals surface area contributed by atoms with E-state index in [0.717, 1.165) is 5.92 Å². The standard InChI is InChI=1S/C25H47N.C2H2.H2/c1-8-15-25(10-3)17-11-16-23(6)21(19(4)5)12-13-22(23)24(7,26)18-14-20(25)9-2;1-2;/h20-22H,4,8-18,26H2,1-3,5-7H3;1-2H;1H. The number of rotatable bonds is 5. The molecule has 2 N–H and O–H groups in total. The Bertz CT molecular complexity index is 522. The first-order chi connectivity index (χ1) is 13.2. The van der Waals surface area contributed by atoms with E-state index in [-0.39, 0.29) is 6.97 Å². The molecule has 1 heteroatoms. The van der Waals surface area contributed by atoms with Crippen molar-refractivity contribution >= 4 is 0 Å². The van der Waals surface area contributed by atoms with Gasteiger partial charge in [-0.25, -0.2) is 0 Å². The Morgan fingerprint density at radius 3 is 2.21 bits per heavy atom. The number of hydrogen-bond donors (Lipinski definition) is 1. The predicted molar refractivity (Wildman–Crippen MR) is 128 cm³/mol. The predicted octanol–water partition coefficient (Wildman–Crippen LogP) is 7.99. The minimum Gasteiger partial charge on any atom is -0.325 e. The van der Waals surface area contributed by atoms with Crippen LogP contribution < -0.4 is 5.73 Å². The quantitative estimate of drug-likeness (QED) is 0.374. The zero-order chi connectivity index (χ0) is 21.6. The van der Waals surface area contributed by atoms with Crippen molar-refractivity contribution in [2.75, 3.05) is 0 Å². The van der Waals surface area contributed by atoms with E-state index in [2.05, 4.69) is 61.0 Å². The molecule has 6 unspecified atom stereocenters. The summed E-state index contributed by atoms with van der Waals surface area (Å²) in [5.41, 5.74) is 9.34. The van der Waals surface area contributed by atoms with Gasteiger partial charge in [-0.1, -0.05) is 65.5 Å². The topological polar surface area (TPSA) is 26.0 Å². The van der Waals surface area contributed by atoms with Gasteiger partial charge in [-0.05, 0) is 87.4 Å². The van der Waals surface area contributed by atoms with Crippen molar-refractivity contribution in [1.29, 1.82) is 0 Å². The summed E-state index contributed by atoms with van der Waals surface area (Å²) in [5.74, 6) is 2.16. The molecular weight excluding hydrogens is 338 g/mol. The highest BCUT2D eigenvalue weighted by Gasteiger charge is 2.53. The first-order valence-corrected chi connectivity index (χ1v) is 11.9. The molecule has 2 aliphatic carbocycles. The summed E-state index contributed by atoms with van der Waals surface area (Å²) < 4.78 is 0. The van der Waals surface area contributed by atoms with Gasteiger partial charge >= 0.3 is 0 Å². The van der Waals surface area contributed by atoms with Crippen molar-refractivity contribution in [3.63, 3.8) is 0 Å². The zero-order valence-corrected chi connectivity index (χ0v) is 19.9. The maximum absolute atomic E-state index is 7.09. The van der Waals surface area contributed by atoms with E-state index < -0.39 is 0 Å². The lowest BCUT2D eigenvalue weighted by Crippen LogP contribution is -2.51. The molecule has 28 heavy (non-hydrogen) atoms. The number of fused-ring (bicyclic) bond motifs is 1. The van der Waals surface area contributed by atoms with Gasteiger partial charge in [0.2, 0.25) is 0 Å². The smallest absolute Gasteiger partial charge is 0.0159 e. The lowest BCUT2D eigenvalue weighted by Gasteiger charge is -2.49. The van der Waals surface area contributed by atoms with E-state index in [9.17, 15) is 0 Å². The molecule has 0 aliphatic heterocycles. The molecule has 2 fully saturated rings. The van der Waals surface area contributed by atoms with Crippen LogP contribution in [-0.4, -0.2) is 5.54 Å². The summed E-state index contributed by atoms with van der Waals surface area (Å²) in [6.45, 7) is 18.8. The number of terminal acetylenes is 1. The second kappa shape index (κ2) is 10.3. The first kappa shape index (κ1) is 25.3. The van der Waals surface area contributed by atoms with Crippen LogP contribution in [-0.2, 0) is 0 Å². The molecular formula is C27H51N. The second-order valence-electron chi connectivity index (χ2n) is 10.5. The van der Waals surface area contributed by atoms with Crippen LogP contribution in [0.15, 0.2) is 12.2 Å². The Morgan fingerprint density at radius 2 is 1.71 bits per heavy atom. The van der Waals surface area contributed by atoms with Gasteiger partial charge in [-0.2, -0.15) is 0 Å². The van der Waals surface area contributed by atoms with E-state index in [1.807, 2.05) is 0 Å². The van der Waals surface area contributed by atoms with Gasteiger partial charge in [0.15, 0.2) is 0 Å². The number of allylic oxidation sites excluding steroid dienone is 1. The van der Waals surface area contributed by atoms with Crippen molar-refractivity contribution in [3.05, 3.63) is 12.2 Å². The first-order valence-electron chi connectivity index (χ1n) is 11.9. The van der Waals surface area contributed by atoms with E-state index in [1.165, 1.54) is 76.2 Å². The van der Waals surface area contributed by atoms with Crippen molar-refractivity contribution in [1.82, 2.24) is 0 Å². The normalized spacial score (nSPS) is 41.4. The van der Waals surface area contributed by atoms with Gasteiger partial charge in [0.05, 0.1) is 0 Å². The molecule has 164 valence electrons. The van der Waals surface area contributed by atoms with Crippen molar-refractivity contribution < 1.29 is 1.43 Å². The largest absolute Gasteiger partial charge is 0.325 e. The van der Waals surface area contributed by atoms with Crippen molar-refractivity contribution in [3.8, 4) is 12.8 Å². The Labute approximate surface area is 178 Å². The molecule has 6 atom stereocenters.